The predicted octanol–water partition coefficient (Wildman–Crippen LogP) is 2.10. The summed E-state index contributed by atoms with van der Waals surface area (Å²) in [7, 11) is 0. The molecule has 3 aliphatic rings. The van der Waals surface area contributed by atoms with Crippen LogP contribution in [0.5, 0.6) is 0 Å². The number of hydrogen-bond acceptors (Lipinski definition) is 5. The summed E-state index contributed by atoms with van der Waals surface area (Å²) < 4.78 is 0. The molecule has 5 rings (SSSR count). The summed E-state index contributed by atoms with van der Waals surface area (Å²) in [5.74, 6) is -4.12. The minimum Gasteiger partial charge on any atom is -0.370 e. The number of hydrogen-bond donors (Lipinski definition) is 3. The molecule has 2 aromatic carbocycles. The maximum absolute atomic E-state index is 13.7. The third-order valence-corrected chi connectivity index (χ3v) is 7.39. The number of rotatable bonds is 4. The minimum atomic E-state index is -1.54. The predicted molar refractivity (Wildman–Crippen MR) is 121 cm³/mol. The molecule has 0 radical (unpaired) electrons. The standard InChI is InChI=1S/C23H20Cl2N4O4/c1-10-6-12-19(14(25)7-10)27-22(33)23(12)18-17(15(28-23)8-16(26)30)20(31)29(21(18)32)9-11-4-2-3-5-13(11)24/h2-7,15,17-18,28H,8-9H2,1H3,(H2,26,30)(H,27,33)/t15?,17-,18+,23?/m1/s1. The van der Waals surface area contributed by atoms with Crippen molar-refractivity contribution >= 4 is 52.5 Å². The third kappa shape index (κ3) is 3.08. The highest BCUT2D eigenvalue weighted by Gasteiger charge is 2.70. The Morgan fingerprint density at radius 2 is 1.85 bits per heavy atom. The van der Waals surface area contributed by atoms with Crippen LogP contribution in [0.15, 0.2) is 36.4 Å². The van der Waals surface area contributed by atoms with Crippen molar-refractivity contribution in [2.24, 2.45) is 17.6 Å². The first kappa shape index (κ1) is 21.9. The van der Waals surface area contributed by atoms with E-state index in [0.29, 0.717) is 26.9 Å². The molecule has 0 aromatic heterocycles. The second-order valence-electron chi connectivity index (χ2n) is 8.71. The number of imide groups is 1. The maximum Gasteiger partial charge on any atom is 0.250 e. The smallest absolute Gasteiger partial charge is 0.250 e. The normalized spacial score (nSPS) is 27.8. The van der Waals surface area contributed by atoms with E-state index in [1.165, 1.54) is 0 Å². The van der Waals surface area contributed by atoms with E-state index in [4.69, 9.17) is 28.9 Å². The number of benzene rings is 2. The summed E-state index contributed by atoms with van der Waals surface area (Å²) in [6, 6.07) is 9.60. The monoisotopic (exact) mass is 486 g/mol. The van der Waals surface area contributed by atoms with E-state index in [-0.39, 0.29) is 13.0 Å². The number of nitrogens with one attached hydrogen (secondary N) is 2. The first-order valence-corrected chi connectivity index (χ1v) is 11.2. The number of nitrogens with zero attached hydrogens (tertiary/aromatic N) is 1. The van der Waals surface area contributed by atoms with Crippen molar-refractivity contribution < 1.29 is 19.2 Å². The average molecular weight is 487 g/mol. The highest BCUT2D eigenvalue weighted by Crippen LogP contribution is 2.55. The summed E-state index contributed by atoms with van der Waals surface area (Å²) in [4.78, 5) is 53.6. The van der Waals surface area contributed by atoms with Gasteiger partial charge >= 0.3 is 0 Å². The molecule has 4 N–H and O–H groups in total. The first-order valence-electron chi connectivity index (χ1n) is 10.4. The Labute approximate surface area is 199 Å². The van der Waals surface area contributed by atoms with Gasteiger partial charge in [-0.05, 0) is 30.2 Å². The molecule has 2 aromatic rings. The highest BCUT2D eigenvalue weighted by molar-refractivity contribution is 6.35. The van der Waals surface area contributed by atoms with Crippen molar-refractivity contribution in [2.45, 2.75) is 31.5 Å². The van der Waals surface area contributed by atoms with Crippen LogP contribution in [-0.4, -0.2) is 34.6 Å². The van der Waals surface area contributed by atoms with Gasteiger partial charge in [-0.2, -0.15) is 0 Å². The number of nitrogens with two attached hydrogens (primary N) is 1. The van der Waals surface area contributed by atoms with Gasteiger partial charge in [0.15, 0.2) is 0 Å². The van der Waals surface area contributed by atoms with Crippen LogP contribution in [0.3, 0.4) is 0 Å². The fraction of sp³-hybridized carbons (Fsp3) is 0.304. The number of carbonyl (C=O) groups is 4. The second-order valence-corrected chi connectivity index (χ2v) is 9.52. The number of carbonyl (C=O) groups excluding carboxylic acids is 4. The van der Waals surface area contributed by atoms with Crippen LogP contribution < -0.4 is 16.4 Å². The number of primary amides is 1. The molecular weight excluding hydrogens is 467 g/mol. The van der Waals surface area contributed by atoms with Gasteiger partial charge in [0.1, 0.15) is 5.54 Å². The number of halogens is 2. The molecule has 2 unspecified atom stereocenters. The first-order chi connectivity index (χ1) is 15.6. The van der Waals surface area contributed by atoms with E-state index in [0.717, 1.165) is 10.5 Å². The van der Waals surface area contributed by atoms with E-state index in [1.54, 1.807) is 36.4 Å². The van der Waals surface area contributed by atoms with Crippen molar-refractivity contribution in [3.63, 3.8) is 0 Å². The molecule has 2 saturated heterocycles. The Balaban J connectivity index is 1.64. The van der Waals surface area contributed by atoms with Crippen LogP contribution in [-0.2, 0) is 31.3 Å². The second kappa shape index (κ2) is 7.55. The fourth-order valence-electron chi connectivity index (χ4n) is 5.40. The van der Waals surface area contributed by atoms with Gasteiger partial charge in [-0.1, -0.05) is 47.5 Å². The van der Waals surface area contributed by atoms with E-state index in [9.17, 15) is 19.2 Å². The van der Waals surface area contributed by atoms with E-state index < -0.39 is 47.0 Å². The molecule has 1 spiro atoms. The molecule has 3 aliphatic heterocycles. The van der Waals surface area contributed by atoms with Crippen molar-refractivity contribution in [3.05, 3.63) is 63.1 Å². The lowest BCUT2D eigenvalue weighted by Crippen LogP contribution is -2.53. The number of likely N-dealkylation sites (tertiary alicyclic amines) is 1. The zero-order valence-electron chi connectivity index (χ0n) is 17.5. The van der Waals surface area contributed by atoms with Gasteiger partial charge in [0, 0.05) is 23.0 Å². The number of aryl methyl sites for hydroxylation is 1. The van der Waals surface area contributed by atoms with Crippen LogP contribution in [0.2, 0.25) is 10.0 Å². The van der Waals surface area contributed by atoms with Gasteiger partial charge in [-0.25, -0.2) is 0 Å². The average Bonchev–Trinajstić information content (AvgIpc) is 3.30. The molecule has 170 valence electrons. The van der Waals surface area contributed by atoms with Crippen LogP contribution in [0.4, 0.5) is 5.69 Å². The molecule has 4 atom stereocenters. The lowest BCUT2D eigenvalue weighted by atomic mass is 9.76. The van der Waals surface area contributed by atoms with Gasteiger partial charge in [0.25, 0.3) is 0 Å². The summed E-state index contributed by atoms with van der Waals surface area (Å²) in [6.45, 7) is 1.79. The van der Waals surface area contributed by atoms with Crippen molar-refractivity contribution in [1.82, 2.24) is 10.2 Å². The molecular formula is C23H20Cl2N4O4. The Morgan fingerprint density at radius 3 is 2.55 bits per heavy atom. The molecule has 0 saturated carbocycles. The number of anilines is 1. The molecule has 10 heteroatoms. The van der Waals surface area contributed by atoms with Gasteiger partial charge < -0.3 is 11.1 Å². The molecule has 3 heterocycles. The Hall–Kier alpha value is -2.94. The molecule has 4 amide bonds. The van der Waals surface area contributed by atoms with Gasteiger partial charge in [0.05, 0.1) is 29.1 Å². The SMILES string of the molecule is Cc1cc(Cl)c2c(c1)C1(NC(CC(N)=O)[C@H]3C(=O)N(Cc4ccccc4Cl)C(=O)[C@H]31)C(=O)N2. The van der Waals surface area contributed by atoms with Gasteiger partial charge in [-0.3, -0.25) is 29.4 Å². The Kier molecular flexibility index (Phi) is 5.00. The van der Waals surface area contributed by atoms with Crippen molar-refractivity contribution in [2.75, 3.05) is 5.32 Å². The van der Waals surface area contributed by atoms with Crippen molar-refractivity contribution in [1.29, 1.82) is 0 Å². The molecule has 0 bridgehead atoms. The largest absolute Gasteiger partial charge is 0.370 e. The molecule has 33 heavy (non-hydrogen) atoms. The van der Waals surface area contributed by atoms with Crippen molar-refractivity contribution in [3.8, 4) is 0 Å². The topological polar surface area (TPSA) is 122 Å². The summed E-state index contributed by atoms with van der Waals surface area (Å²) in [6.07, 6.45) is -0.204. The lowest BCUT2D eigenvalue weighted by molar-refractivity contribution is -0.143. The Morgan fingerprint density at radius 1 is 1.12 bits per heavy atom. The number of fused-ring (bicyclic) bond motifs is 4. The summed E-state index contributed by atoms with van der Waals surface area (Å²) >= 11 is 12.7. The minimum absolute atomic E-state index is 0.0350. The lowest BCUT2D eigenvalue weighted by Gasteiger charge is -2.29. The zero-order chi connectivity index (χ0) is 23.7. The summed E-state index contributed by atoms with van der Waals surface area (Å²) in [5, 5.41) is 6.67. The maximum atomic E-state index is 13.7. The van der Waals surface area contributed by atoms with E-state index >= 15 is 0 Å². The van der Waals surface area contributed by atoms with Gasteiger partial charge in [0.2, 0.25) is 23.6 Å². The molecule has 2 fully saturated rings. The van der Waals surface area contributed by atoms with Crippen LogP contribution in [0.1, 0.15) is 23.1 Å². The number of amides is 4. The third-order valence-electron chi connectivity index (χ3n) is 6.72. The highest BCUT2D eigenvalue weighted by atomic mass is 35.5. The van der Waals surface area contributed by atoms with Crippen LogP contribution in [0, 0.1) is 18.8 Å². The molecule has 0 aliphatic carbocycles. The van der Waals surface area contributed by atoms with Crippen LogP contribution >= 0.6 is 23.2 Å². The quantitative estimate of drug-likeness (QED) is 0.571. The summed E-state index contributed by atoms with van der Waals surface area (Å²) in [5.41, 5.74) is 6.17. The van der Waals surface area contributed by atoms with Crippen LogP contribution in [0.25, 0.3) is 0 Å². The zero-order valence-corrected chi connectivity index (χ0v) is 19.0. The molecule has 8 nitrogen and oxygen atoms in total. The Bertz CT molecular complexity index is 1250. The van der Waals surface area contributed by atoms with Gasteiger partial charge in [-0.15, -0.1) is 0 Å². The fourth-order valence-corrected chi connectivity index (χ4v) is 5.91. The van der Waals surface area contributed by atoms with E-state index in [2.05, 4.69) is 10.6 Å². The van der Waals surface area contributed by atoms with E-state index in [1.807, 2.05) is 6.92 Å².